The number of nitrogens with one attached hydrogen (secondary N) is 1. The van der Waals surface area contributed by atoms with Crippen LogP contribution in [-0.2, 0) is 9.53 Å². The van der Waals surface area contributed by atoms with Crippen LogP contribution >= 0.6 is 0 Å². The third-order valence-corrected chi connectivity index (χ3v) is 4.83. The number of carbonyl (C=O) groups excluding carboxylic acids is 1. The van der Waals surface area contributed by atoms with E-state index in [-0.39, 0.29) is 30.5 Å². The van der Waals surface area contributed by atoms with E-state index < -0.39 is 30.6 Å². The number of hydrogen-bond acceptors (Lipinski definition) is 6. The van der Waals surface area contributed by atoms with Gasteiger partial charge in [0.05, 0.1) is 8.85 Å². The summed E-state index contributed by atoms with van der Waals surface area (Å²) >= 11 is 0. The van der Waals surface area contributed by atoms with Crippen LogP contribution in [0.3, 0.4) is 0 Å². The number of carbonyl (C=O) groups is 2. The molecule has 0 aromatic carbocycles. The Morgan fingerprint density at radius 2 is 2.11 bits per heavy atom. The van der Waals surface area contributed by atoms with E-state index in [1.807, 2.05) is 4.90 Å². The van der Waals surface area contributed by atoms with Gasteiger partial charge in [-0.25, -0.2) is 14.2 Å². The first-order valence-electron chi connectivity index (χ1n) is 9.71. The van der Waals surface area contributed by atoms with Crippen LogP contribution in [0, 0.1) is 0 Å². The molecule has 0 unspecified atom stereocenters. The molecule has 1 aliphatic rings. The molecule has 0 spiro atoms. The number of aliphatic carboxylic acids is 1. The molecule has 0 saturated carbocycles. The number of carboxylic acids is 1. The first kappa shape index (κ1) is 18.0. The van der Waals surface area contributed by atoms with Gasteiger partial charge in [0, 0.05) is 20.2 Å². The van der Waals surface area contributed by atoms with Crippen LogP contribution in [0.4, 0.5) is 10.1 Å². The SMILES string of the molecule is [2H]C([2H])(F)COc1nc(C(=O)NC(CC)(CC)C(=O)O)ccc1N1CC(OC)C1. The summed E-state index contributed by atoms with van der Waals surface area (Å²) in [6.45, 7) is 0.407. The molecule has 2 rings (SSSR count). The minimum atomic E-state index is -3.08. The second-order valence-corrected chi connectivity index (χ2v) is 6.25. The van der Waals surface area contributed by atoms with Crippen molar-refractivity contribution in [3.63, 3.8) is 0 Å². The molecule has 1 saturated heterocycles. The van der Waals surface area contributed by atoms with Gasteiger partial charge in [-0.2, -0.15) is 0 Å². The molecule has 1 aromatic heterocycles. The number of pyridine rings is 1. The first-order valence-corrected chi connectivity index (χ1v) is 8.71. The molecule has 2 N–H and O–H groups in total. The lowest BCUT2D eigenvalue weighted by Crippen LogP contribution is -2.54. The van der Waals surface area contributed by atoms with Gasteiger partial charge in [-0.15, -0.1) is 0 Å². The summed E-state index contributed by atoms with van der Waals surface area (Å²) in [4.78, 5) is 30.2. The predicted molar refractivity (Wildman–Crippen MR) is 97.1 cm³/mol. The molecule has 8 nitrogen and oxygen atoms in total. The Hall–Kier alpha value is -2.42. The van der Waals surface area contributed by atoms with Crippen molar-refractivity contribution in [2.24, 2.45) is 0 Å². The van der Waals surface area contributed by atoms with Crippen molar-refractivity contribution >= 4 is 17.6 Å². The van der Waals surface area contributed by atoms with E-state index in [4.69, 9.17) is 12.2 Å². The summed E-state index contributed by atoms with van der Waals surface area (Å²) in [5.74, 6) is -1.97. The van der Waals surface area contributed by atoms with Gasteiger partial charge in [-0.1, -0.05) is 13.8 Å². The van der Waals surface area contributed by atoms with Crippen LogP contribution < -0.4 is 15.0 Å². The van der Waals surface area contributed by atoms with Gasteiger partial charge < -0.3 is 24.8 Å². The van der Waals surface area contributed by atoms with Crippen molar-refractivity contribution in [3.05, 3.63) is 17.8 Å². The molecule has 0 bridgehead atoms. The Kier molecular flexibility index (Phi) is 5.98. The van der Waals surface area contributed by atoms with Crippen LogP contribution in [0.1, 0.15) is 39.9 Å². The predicted octanol–water partition coefficient (Wildman–Crippen LogP) is 1.64. The molecule has 0 aliphatic carbocycles. The molecule has 150 valence electrons. The minimum absolute atomic E-state index is 0.0173. The molecular weight excluding hydrogens is 357 g/mol. The number of nitrogens with zero attached hydrogens (tertiary/aromatic N) is 2. The fraction of sp³-hybridized carbons (Fsp3) is 0.611. The van der Waals surface area contributed by atoms with Crippen molar-refractivity contribution in [2.45, 2.75) is 38.3 Å². The molecule has 1 fully saturated rings. The molecule has 27 heavy (non-hydrogen) atoms. The largest absolute Gasteiger partial charge is 0.480 e. The Morgan fingerprint density at radius 3 is 2.63 bits per heavy atom. The number of amides is 1. The van der Waals surface area contributed by atoms with E-state index in [0.717, 1.165) is 0 Å². The number of aromatic nitrogens is 1. The minimum Gasteiger partial charge on any atom is -0.480 e. The van der Waals surface area contributed by atoms with Crippen molar-refractivity contribution in [1.29, 1.82) is 0 Å². The number of alkyl halides is 1. The third-order valence-electron chi connectivity index (χ3n) is 4.83. The monoisotopic (exact) mass is 385 g/mol. The van der Waals surface area contributed by atoms with Gasteiger partial charge in [-0.3, -0.25) is 4.79 Å². The Labute approximate surface area is 160 Å². The number of rotatable bonds is 10. The van der Waals surface area contributed by atoms with Gasteiger partial charge >= 0.3 is 5.97 Å². The number of methoxy groups -OCH3 is 1. The zero-order chi connectivity index (χ0) is 21.8. The average Bonchev–Trinajstić information content (AvgIpc) is 2.63. The summed E-state index contributed by atoms with van der Waals surface area (Å²) in [5.41, 5.74) is -1.08. The van der Waals surface area contributed by atoms with E-state index in [2.05, 4.69) is 10.3 Å². The van der Waals surface area contributed by atoms with Crippen LogP contribution in [0.5, 0.6) is 5.88 Å². The van der Waals surface area contributed by atoms with E-state index in [9.17, 15) is 19.1 Å². The van der Waals surface area contributed by atoms with Crippen molar-refractivity contribution in [3.8, 4) is 5.88 Å². The van der Waals surface area contributed by atoms with Gasteiger partial charge in [-0.05, 0) is 25.0 Å². The number of hydrogen-bond donors (Lipinski definition) is 2. The third kappa shape index (κ3) is 4.47. The van der Waals surface area contributed by atoms with Crippen LogP contribution in [0.15, 0.2) is 12.1 Å². The maximum atomic E-state index is 13.3. The summed E-state index contributed by atoms with van der Waals surface area (Å²) < 4.78 is 37.7. The highest BCUT2D eigenvalue weighted by Crippen LogP contribution is 2.31. The lowest BCUT2D eigenvalue weighted by molar-refractivity contribution is -0.144. The van der Waals surface area contributed by atoms with Crippen LogP contribution in [-0.4, -0.2) is 67.0 Å². The zero-order valence-corrected chi connectivity index (χ0v) is 15.6. The molecule has 1 amide bonds. The Bertz CT molecular complexity index is 750. The molecular formula is C18H26FN3O5. The zero-order valence-electron chi connectivity index (χ0n) is 17.6. The first-order chi connectivity index (χ1) is 13.5. The Morgan fingerprint density at radius 1 is 1.44 bits per heavy atom. The van der Waals surface area contributed by atoms with E-state index in [1.54, 1.807) is 27.0 Å². The maximum Gasteiger partial charge on any atom is 0.329 e. The smallest absolute Gasteiger partial charge is 0.329 e. The number of anilines is 1. The van der Waals surface area contributed by atoms with E-state index >= 15 is 0 Å². The second-order valence-electron chi connectivity index (χ2n) is 6.25. The van der Waals surface area contributed by atoms with Gasteiger partial charge in [0.15, 0.2) is 0 Å². The standard InChI is InChI=1S/C18H26FN3O5/c1-4-18(5-2,17(24)25)21-15(23)13-6-7-14(16(20-13)27-9-8-19)22-10-12(11-22)26-3/h6-7,12H,4-5,8-11H2,1-3H3,(H,21,23)(H,24,25)/i8D2. The van der Waals surface area contributed by atoms with Gasteiger partial charge in [0.2, 0.25) is 5.88 Å². The van der Waals surface area contributed by atoms with Crippen LogP contribution in [0.25, 0.3) is 0 Å². The van der Waals surface area contributed by atoms with E-state index in [0.29, 0.717) is 18.8 Å². The topological polar surface area (TPSA) is 101 Å². The van der Waals surface area contributed by atoms with Crippen molar-refractivity contribution in [2.75, 3.05) is 38.3 Å². The average molecular weight is 385 g/mol. The maximum absolute atomic E-state index is 13.3. The molecule has 9 heteroatoms. The fourth-order valence-electron chi connectivity index (χ4n) is 2.85. The molecule has 1 aromatic rings. The Balaban J connectivity index is 2.28. The summed E-state index contributed by atoms with van der Waals surface area (Å²) in [6.07, 6.45) is 0.379. The number of halogens is 1. The van der Waals surface area contributed by atoms with E-state index in [1.165, 1.54) is 6.07 Å². The number of ether oxygens (including phenoxy) is 2. The highest BCUT2D eigenvalue weighted by Gasteiger charge is 2.37. The number of carboxylic acid groups (broad SMARTS) is 1. The second kappa shape index (κ2) is 8.98. The normalized spacial score (nSPS) is 16.2. The van der Waals surface area contributed by atoms with Crippen molar-refractivity contribution in [1.82, 2.24) is 10.3 Å². The summed E-state index contributed by atoms with van der Waals surface area (Å²) in [6, 6.07) is 2.97. The lowest BCUT2D eigenvalue weighted by Gasteiger charge is -2.40. The molecule has 2 heterocycles. The summed E-state index contributed by atoms with van der Waals surface area (Å²) in [5, 5.41) is 12.0. The highest BCUT2D eigenvalue weighted by molar-refractivity contribution is 5.96. The highest BCUT2D eigenvalue weighted by atomic mass is 19.1. The van der Waals surface area contributed by atoms with Gasteiger partial charge in [0.1, 0.15) is 30.2 Å². The fourth-order valence-corrected chi connectivity index (χ4v) is 2.85. The van der Waals surface area contributed by atoms with Crippen LogP contribution in [0.2, 0.25) is 0 Å². The van der Waals surface area contributed by atoms with Crippen molar-refractivity contribution < 1.29 is 31.3 Å². The quantitative estimate of drug-likeness (QED) is 0.631. The molecule has 1 aliphatic heterocycles. The lowest BCUT2D eigenvalue weighted by atomic mass is 9.92. The molecule has 0 atom stereocenters. The van der Waals surface area contributed by atoms with Gasteiger partial charge in [0.25, 0.3) is 5.91 Å². The summed E-state index contributed by atoms with van der Waals surface area (Å²) in [7, 11) is 1.58. The molecule has 0 radical (unpaired) electrons.